The van der Waals surface area contributed by atoms with Crippen LogP contribution in [0.3, 0.4) is 0 Å². The fourth-order valence-electron chi connectivity index (χ4n) is 2.43. The number of halogens is 1. The van der Waals surface area contributed by atoms with Gasteiger partial charge >= 0.3 is 0 Å². The fourth-order valence-corrected chi connectivity index (χ4v) is 2.43. The van der Waals surface area contributed by atoms with Gasteiger partial charge in [0, 0.05) is 31.4 Å². The smallest absolute Gasteiger partial charge is 0.170 e. The lowest BCUT2D eigenvalue weighted by atomic mass is 10.0. The Morgan fingerprint density at radius 1 is 1.50 bits per heavy atom. The summed E-state index contributed by atoms with van der Waals surface area (Å²) in [6.07, 6.45) is 3.72. The topological polar surface area (TPSA) is 45.4 Å². The fraction of sp³-hybridized carbons (Fsp3) is 0.615. The van der Waals surface area contributed by atoms with Gasteiger partial charge in [0.1, 0.15) is 0 Å². The summed E-state index contributed by atoms with van der Waals surface area (Å²) in [5, 5.41) is 0. The third kappa shape index (κ3) is 2.62. The molecule has 1 saturated heterocycles. The second-order valence-corrected chi connectivity index (χ2v) is 4.96. The van der Waals surface area contributed by atoms with Crippen molar-refractivity contribution in [1.29, 1.82) is 0 Å². The Morgan fingerprint density at radius 2 is 2.17 bits per heavy atom. The van der Waals surface area contributed by atoms with Gasteiger partial charge in [0.05, 0.1) is 0 Å². The van der Waals surface area contributed by atoms with Crippen LogP contribution in [-0.4, -0.2) is 43.1 Å². The molecule has 1 aliphatic heterocycles. The van der Waals surface area contributed by atoms with Crippen LogP contribution in [-0.2, 0) is 6.54 Å². The normalized spacial score (nSPS) is 18.0. The number of likely N-dealkylation sites (tertiary alicyclic amines) is 1. The summed E-state index contributed by atoms with van der Waals surface area (Å²) in [5.41, 5.74) is 6.05. The predicted molar refractivity (Wildman–Crippen MR) is 71.0 cm³/mol. The molecule has 0 atom stereocenters. The standard InChI is InChI=1S/C13H21FN4/c1-17-7-4-11(5-8-17)18(2)13-12(14)10(9-15)3-6-16-13/h3,6,11H,4-5,7-9,15H2,1-2H3. The molecule has 2 heterocycles. The first-order valence-electron chi connectivity index (χ1n) is 6.38. The molecule has 0 aromatic carbocycles. The average molecular weight is 252 g/mol. The van der Waals surface area contributed by atoms with E-state index in [0.29, 0.717) is 17.4 Å². The average Bonchev–Trinajstić information content (AvgIpc) is 2.39. The molecule has 4 nitrogen and oxygen atoms in total. The minimum Gasteiger partial charge on any atom is -0.354 e. The first-order chi connectivity index (χ1) is 8.63. The van der Waals surface area contributed by atoms with E-state index in [1.165, 1.54) is 0 Å². The second-order valence-electron chi connectivity index (χ2n) is 4.96. The van der Waals surface area contributed by atoms with Crippen molar-refractivity contribution in [1.82, 2.24) is 9.88 Å². The summed E-state index contributed by atoms with van der Waals surface area (Å²) in [5.74, 6) is 0.147. The summed E-state index contributed by atoms with van der Waals surface area (Å²) in [6, 6.07) is 2.00. The summed E-state index contributed by atoms with van der Waals surface area (Å²) in [6.45, 7) is 2.31. The van der Waals surface area contributed by atoms with Crippen molar-refractivity contribution >= 4 is 5.82 Å². The largest absolute Gasteiger partial charge is 0.354 e. The maximum Gasteiger partial charge on any atom is 0.170 e. The van der Waals surface area contributed by atoms with Gasteiger partial charge in [-0.05, 0) is 39.0 Å². The van der Waals surface area contributed by atoms with Gasteiger partial charge in [-0.3, -0.25) is 0 Å². The molecule has 2 rings (SSSR count). The molecule has 2 N–H and O–H groups in total. The van der Waals surface area contributed by atoms with Gasteiger partial charge in [0.2, 0.25) is 0 Å². The van der Waals surface area contributed by atoms with E-state index in [9.17, 15) is 4.39 Å². The van der Waals surface area contributed by atoms with Crippen LogP contribution < -0.4 is 10.6 Å². The number of rotatable bonds is 3. The minimum atomic E-state index is -0.276. The molecule has 0 spiro atoms. The van der Waals surface area contributed by atoms with E-state index in [1.54, 1.807) is 12.3 Å². The van der Waals surface area contributed by atoms with Gasteiger partial charge in [-0.2, -0.15) is 0 Å². The monoisotopic (exact) mass is 252 g/mol. The van der Waals surface area contributed by atoms with Crippen molar-refractivity contribution in [3.63, 3.8) is 0 Å². The van der Waals surface area contributed by atoms with Gasteiger partial charge in [-0.1, -0.05) is 0 Å². The molecule has 0 amide bonds. The lowest BCUT2D eigenvalue weighted by molar-refractivity contribution is 0.252. The summed E-state index contributed by atoms with van der Waals surface area (Å²) < 4.78 is 14.2. The van der Waals surface area contributed by atoms with E-state index < -0.39 is 0 Å². The molecule has 1 aromatic heterocycles. The number of hydrogen-bond acceptors (Lipinski definition) is 4. The Labute approximate surface area is 108 Å². The highest BCUT2D eigenvalue weighted by Gasteiger charge is 2.23. The van der Waals surface area contributed by atoms with Crippen LogP contribution in [0.15, 0.2) is 12.3 Å². The van der Waals surface area contributed by atoms with Crippen molar-refractivity contribution in [3.05, 3.63) is 23.6 Å². The molecule has 0 unspecified atom stereocenters. The summed E-state index contributed by atoms with van der Waals surface area (Å²) in [4.78, 5) is 8.42. The quantitative estimate of drug-likeness (QED) is 0.878. The number of nitrogens with zero attached hydrogens (tertiary/aromatic N) is 3. The third-order valence-corrected chi connectivity index (χ3v) is 3.74. The Balaban J connectivity index is 2.15. The first-order valence-corrected chi connectivity index (χ1v) is 6.38. The van der Waals surface area contributed by atoms with E-state index in [2.05, 4.69) is 16.9 Å². The molecule has 1 fully saturated rings. The first kappa shape index (κ1) is 13.2. The zero-order valence-electron chi connectivity index (χ0n) is 11.1. The lowest BCUT2D eigenvalue weighted by Gasteiger charge is -2.35. The van der Waals surface area contributed by atoms with Gasteiger partial charge in [-0.15, -0.1) is 0 Å². The van der Waals surface area contributed by atoms with Crippen LogP contribution in [0.4, 0.5) is 10.2 Å². The molecule has 1 aromatic rings. The molecular weight excluding hydrogens is 231 g/mol. The Kier molecular flexibility index (Phi) is 4.14. The van der Waals surface area contributed by atoms with E-state index in [0.717, 1.165) is 25.9 Å². The van der Waals surface area contributed by atoms with Gasteiger partial charge in [0.25, 0.3) is 0 Å². The SMILES string of the molecule is CN1CCC(N(C)c2nccc(CN)c2F)CC1. The maximum absolute atomic E-state index is 14.2. The van der Waals surface area contributed by atoms with E-state index in [4.69, 9.17) is 5.73 Å². The Bertz CT molecular complexity index is 402. The molecule has 1 aliphatic rings. The van der Waals surface area contributed by atoms with E-state index in [-0.39, 0.29) is 12.4 Å². The molecule has 0 saturated carbocycles. The highest BCUT2D eigenvalue weighted by molar-refractivity contribution is 5.43. The second kappa shape index (κ2) is 5.63. The van der Waals surface area contributed by atoms with E-state index >= 15 is 0 Å². The minimum absolute atomic E-state index is 0.211. The Hall–Kier alpha value is -1.20. The van der Waals surface area contributed by atoms with Crippen LogP contribution in [0.2, 0.25) is 0 Å². The highest BCUT2D eigenvalue weighted by atomic mass is 19.1. The number of aromatic nitrogens is 1. The third-order valence-electron chi connectivity index (χ3n) is 3.74. The highest BCUT2D eigenvalue weighted by Crippen LogP contribution is 2.23. The molecule has 100 valence electrons. The van der Waals surface area contributed by atoms with Gasteiger partial charge < -0.3 is 15.5 Å². The van der Waals surface area contributed by atoms with Crippen LogP contribution in [0.1, 0.15) is 18.4 Å². The van der Waals surface area contributed by atoms with Crippen LogP contribution in [0, 0.1) is 5.82 Å². The van der Waals surface area contributed by atoms with Crippen LogP contribution in [0.5, 0.6) is 0 Å². The maximum atomic E-state index is 14.2. The summed E-state index contributed by atoms with van der Waals surface area (Å²) >= 11 is 0. The van der Waals surface area contributed by atoms with Crippen molar-refractivity contribution in [3.8, 4) is 0 Å². The van der Waals surface area contributed by atoms with Crippen LogP contribution in [0.25, 0.3) is 0 Å². The predicted octanol–water partition coefficient (Wildman–Crippen LogP) is 1.21. The number of hydrogen-bond donors (Lipinski definition) is 1. The molecule has 5 heteroatoms. The number of pyridine rings is 1. The van der Waals surface area contributed by atoms with Crippen LogP contribution >= 0.6 is 0 Å². The molecule has 0 bridgehead atoms. The van der Waals surface area contributed by atoms with Crippen molar-refractivity contribution in [2.24, 2.45) is 5.73 Å². The van der Waals surface area contributed by atoms with Crippen molar-refractivity contribution in [2.75, 3.05) is 32.1 Å². The van der Waals surface area contributed by atoms with Gasteiger partial charge in [-0.25, -0.2) is 9.37 Å². The van der Waals surface area contributed by atoms with Gasteiger partial charge in [0.15, 0.2) is 11.6 Å². The number of piperidine rings is 1. The van der Waals surface area contributed by atoms with Crippen molar-refractivity contribution < 1.29 is 4.39 Å². The Morgan fingerprint density at radius 3 is 2.78 bits per heavy atom. The lowest BCUT2D eigenvalue weighted by Crippen LogP contribution is -2.42. The van der Waals surface area contributed by atoms with E-state index in [1.807, 2.05) is 11.9 Å². The molecule has 0 radical (unpaired) electrons. The molecule has 18 heavy (non-hydrogen) atoms. The van der Waals surface area contributed by atoms with Crippen molar-refractivity contribution in [2.45, 2.75) is 25.4 Å². The molecular formula is C13H21FN4. The summed E-state index contributed by atoms with van der Waals surface area (Å²) in [7, 11) is 4.03. The zero-order valence-corrected chi connectivity index (χ0v) is 11.1. The zero-order chi connectivity index (χ0) is 13.1. The number of anilines is 1. The molecule has 0 aliphatic carbocycles. The number of nitrogens with two attached hydrogens (primary N) is 1.